The molecule has 98 valence electrons. The number of halogens is 2. The molecule has 4 N–H and O–H groups in total. The third-order valence-electron chi connectivity index (χ3n) is 2.42. The Morgan fingerprint density at radius 1 is 1.26 bits per heavy atom. The second-order valence-electron chi connectivity index (χ2n) is 3.77. The van der Waals surface area contributed by atoms with Crippen molar-refractivity contribution in [1.29, 1.82) is 0 Å². The van der Waals surface area contributed by atoms with E-state index in [4.69, 9.17) is 27.8 Å². The molecule has 0 fully saturated rings. The number of nitrogens with two attached hydrogens (primary N) is 2. The first-order chi connectivity index (χ1) is 8.99. The fourth-order valence-electron chi connectivity index (χ4n) is 1.51. The van der Waals surface area contributed by atoms with Crippen LogP contribution in [0.25, 0.3) is 0 Å². The van der Waals surface area contributed by atoms with Crippen LogP contribution in [-0.2, 0) is 0 Å². The zero-order valence-corrected chi connectivity index (χ0v) is 10.4. The van der Waals surface area contributed by atoms with E-state index in [1.54, 1.807) is 18.2 Å². The average molecular weight is 281 g/mol. The monoisotopic (exact) mass is 280 g/mol. The zero-order valence-electron chi connectivity index (χ0n) is 9.69. The molecule has 0 heterocycles. The molecule has 4 nitrogen and oxygen atoms in total. The van der Waals surface area contributed by atoms with Crippen LogP contribution in [0, 0.1) is 5.82 Å². The molecule has 0 saturated carbocycles. The van der Waals surface area contributed by atoms with Crippen LogP contribution in [0.1, 0.15) is 10.4 Å². The molecule has 2 rings (SSSR count). The molecule has 0 aliphatic rings. The van der Waals surface area contributed by atoms with E-state index < -0.39 is 11.7 Å². The highest BCUT2D eigenvalue weighted by Gasteiger charge is 2.12. The van der Waals surface area contributed by atoms with Gasteiger partial charge in [-0.2, -0.15) is 0 Å². The number of para-hydroxylation sites is 1. The minimum absolute atomic E-state index is 0.169. The van der Waals surface area contributed by atoms with Crippen LogP contribution in [-0.4, -0.2) is 5.91 Å². The van der Waals surface area contributed by atoms with Gasteiger partial charge in [-0.05, 0) is 24.3 Å². The van der Waals surface area contributed by atoms with Crippen molar-refractivity contribution in [3.8, 4) is 11.5 Å². The first kappa shape index (κ1) is 13.2. The normalized spacial score (nSPS) is 10.2. The maximum absolute atomic E-state index is 13.6. The summed E-state index contributed by atoms with van der Waals surface area (Å²) in [5.74, 6) is -1.21. The fourth-order valence-corrected chi connectivity index (χ4v) is 1.73. The van der Waals surface area contributed by atoms with Crippen molar-refractivity contribution in [2.45, 2.75) is 0 Å². The van der Waals surface area contributed by atoms with Gasteiger partial charge in [0.25, 0.3) is 5.91 Å². The largest absolute Gasteiger partial charge is 0.454 e. The average Bonchev–Trinajstić information content (AvgIpc) is 2.33. The molecule has 0 aliphatic carbocycles. The second kappa shape index (κ2) is 5.16. The number of amides is 1. The van der Waals surface area contributed by atoms with Crippen LogP contribution in [0.3, 0.4) is 0 Å². The van der Waals surface area contributed by atoms with Gasteiger partial charge in [0.2, 0.25) is 0 Å². The van der Waals surface area contributed by atoms with E-state index in [-0.39, 0.29) is 17.1 Å². The van der Waals surface area contributed by atoms with E-state index in [0.717, 1.165) is 6.07 Å². The molecule has 0 aromatic heterocycles. The highest BCUT2D eigenvalue weighted by molar-refractivity contribution is 6.32. The van der Waals surface area contributed by atoms with Crippen molar-refractivity contribution in [1.82, 2.24) is 0 Å². The van der Waals surface area contributed by atoms with Crippen LogP contribution < -0.4 is 16.2 Å². The lowest BCUT2D eigenvalue weighted by Crippen LogP contribution is -2.12. The van der Waals surface area contributed by atoms with E-state index >= 15 is 0 Å². The first-order valence-electron chi connectivity index (χ1n) is 5.30. The summed E-state index contributed by atoms with van der Waals surface area (Å²) in [5, 5.41) is 0.305. The standard InChI is InChI=1S/C13H10ClFN2O2/c14-9-2-1-3-11(16)12(9)19-7-4-5-8(13(17)18)10(15)6-7/h1-6H,16H2,(H2,17,18). The Bertz CT molecular complexity index is 626. The summed E-state index contributed by atoms with van der Waals surface area (Å²) in [7, 11) is 0. The van der Waals surface area contributed by atoms with Crippen molar-refractivity contribution in [2.75, 3.05) is 5.73 Å². The highest BCUT2D eigenvalue weighted by Crippen LogP contribution is 2.34. The van der Waals surface area contributed by atoms with Gasteiger partial charge < -0.3 is 16.2 Å². The predicted molar refractivity (Wildman–Crippen MR) is 70.9 cm³/mol. The molecule has 0 bridgehead atoms. The second-order valence-corrected chi connectivity index (χ2v) is 4.17. The SMILES string of the molecule is NC(=O)c1ccc(Oc2c(N)cccc2Cl)cc1F. The maximum Gasteiger partial charge on any atom is 0.251 e. The summed E-state index contributed by atoms with van der Waals surface area (Å²) in [6.45, 7) is 0. The van der Waals surface area contributed by atoms with E-state index in [9.17, 15) is 9.18 Å². The molecule has 0 saturated heterocycles. The van der Waals surface area contributed by atoms with Gasteiger partial charge in [0, 0.05) is 6.07 Å². The Balaban J connectivity index is 2.34. The van der Waals surface area contributed by atoms with E-state index in [0.29, 0.717) is 10.7 Å². The van der Waals surface area contributed by atoms with Crippen LogP contribution in [0.15, 0.2) is 36.4 Å². The van der Waals surface area contributed by atoms with Crippen LogP contribution in [0.4, 0.5) is 10.1 Å². The number of carbonyl (C=O) groups excluding carboxylic acids is 1. The van der Waals surface area contributed by atoms with Gasteiger partial charge in [0.15, 0.2) is 5.75 Å². The van der Waals surface area contributed by atoms with Crippen molar-refractivity contribution < 1.29 is 13.9 Å². The van der Waals surface area contributed by atoms with Gasteiger partial charge in [-0.25, -0.2) is 4.39 Å². The van der Waals surface area contributed by atoms with Gasteiger partial charge in [0.05, 0.1) is 16.3 Å². The number of nitrogen functional groups attached to an aromatic ring is 1. The first-order valence-corrected chi connectivity index (χ1v) is 5.68. The minimum Gasteiger partial charge on any atom is -0.454 e. The Morgan fingerprint density at radius 2 is 2.00 bits per heavy atom. The number of ether oxygens (including phenoxy) is 1. The number of carbonyl (C=O) groups is 1. The number of hydrogen-bond donors (Lipinski definition) is 2. The van der Waals surface area contributed by atoms with Crippen molar-refractivity contribution in [2.24, 2.45) is 5.73 Å². The van der Waals surface area contributed by atoms with Crippen LogP contribution >= 0.6 is 11.6 Å². The molecule has 0 unspecified atom stereocenters. The van der Waals surface area contributed by atoms with Gasteiger partial charge >= 0.3 is 0 Å². The van der Waals surface area contributed by atoms with Gasteiger partial charge in [0.1, 0.15) is 11.6 Å². The topological polar surface area (TPSA) is 78.3 Å². The number of anilines is 1. The van der Waals surface area contributed by atoms with Crippen molar-refractivity contribution in [3.05, 3.63) is 52.8 Å². The molecule has 0 radical (unpaired) electrons. The van der Waals surface area contributed by atoms with E-state index in [1.807, 2.05) is 0 Å². The minimum atomic E-state index is -0.846. The number of rotatable bonds is 3. The Kier molecular flexibility index (Phi) is 3.57. The number of benzene rings is 2. The van der Waals surface area contributed by atoms with Gasteiger partial charge in [-0.1, -0.05) is 17.7 Å². The van der Waals surface area contributed by atoms with Crippen LogP contribution in [0.5, 0.6) is 11.5 Å². The lowest BCUT2D eigenvalue weighted by Gasteiger charge is -2.10. The third kappa shape index (κ3) is 2.77. The maximum atomic E-state index is 13.6. The summed E-state index contributed by atoms with van der Waals surface area (Å²) in [6.07, 6.45) is 0. The Morgan fingerprint density at radius 3 is 2.58 bits per heavy atom. The summed E-state index contributed by atoms with van der Waals surface area (Å²) in [6, 6.07) is 8.56. The fraction of sp³-hybridized carbons (Fsp3) is 0. The summed E-state index contributed by atoms with van der Waals surface area (Å²) < 4.78 is 19.0. The molecule has 2 aromatic carbocycles. The number of primary amides is 1. The zero-order chi connectivity index (χ0) is 14.0. The molecule has 6 heteroatoms. The Hall–Kier alpha value is -2.27. The van der Waals surface area contributed by atoms with Gasteiger partial charge in [-0.3, -0.25) is 4.79 Å². The predicted octanol–water partition coefficient (Wildman–Crippen LogP) is 2.95. The molecule has 0 atom stereocenters. The molecule has 1 amide bonds. The quantitative estimate of drug-likeness (QED) is 0.849. The van der Waals surface area contributed by atoms with Crippen LogP contribution in [0.2, 0.25) is 5.02 Å². The van der Waals surface area contributed by atoms with Gasteiger partial charge in [-0.15, -0.1) is 0 Å². The number of hydrogen-bond acceptors (Lipinski definition) is 3. The lowest BCUT2D eigenvalue weighted by atomic mass is 10.2. The molecular weight excluding hydrogens is 271 g/mol. The summed E-state index contributed by atoms with van der Waals surface area (Å²) >= 11 is 5.93. The highest BCUT2D eigenvalue weighted by atomic mass is 35.5. The molecule has 0 spiro atoms. The lowest BCUT2D eigenvalue weighted by molar-refractivity contribution is 0.0996. The van der Waals surface area contributed by atoms with Crippen molar-refractivity contribution >= 4 is 23.2 Å². The molecule has 2 aromatic rings. The molecule has 0 aliphatic heterocycles. The van der Waals surface area contributed by atoms with E-state index in [1.165, 1.54) is 12.1 Å². The molecule has 19 heavy (non-hydrogen) atoms. The Labute approximate surface area is 113 Å². The molecular formula is C13H10ClFN2O2. The summed E-state index contributed by atoms with van der Waals surface area (Å²) in [5.41, 5.74) is 10.8. The third-order valence-corrected chi connectivity index (χ3v) is 2.72. The summed E-state index contributed by atoms with van der Waals surface area (Å²) in [4.78, 5) is 10.9. The smallest absolute Gasteiger partial charge is 0.251 e. The van der Waals surface area contributed by atoms with E-state index in [2.05, 4.69) is 0 Å². The van der Waals surface area contributed by atoms with Crippen molar-refractivity contribution in [3.63, 3.8) is 0 Å².